The number of nitrogens with zero attached hydrogens (tertiary/aromatic N) is 1. The number of carbonyl (C=O) groups is 1. The molecule has 0 bridgehead atoms. The average molecular weight is 284 g/mol. The number of aliphatic hydroxyl groups is 1. The number of hydrogen-bond donors (Lipinski definition) is 2. The molecule has 21 heavy (non-hydrogen) atoms. The van der Waals surface area contributed by atoms with E-state index in [-0.39, 0.29) is 12.6 Å². The van der Waals surface area contributed by atoms with Gasteiger partial charge in [-0.15, -0.1) is 0 Å². The van der Waals surface area contributed by atoms with Gasteiger partial charge in [-0.25, -0.2) is 0 Å². The molecule has 1 amide bonds. The molecule has 4 nitrogen and oxygen atoms in total. The molecule has 0 spiro atoms. The Kier molecular flexibility index (Phi) is 5.91. The molecule has 2 N–H and O–H groups in total. The van der Waals surface area contributed by atoms with Gasteiger partial charge in [-0.1, -0.05) is 12.1 Å². The van der Waals surface area contributed by atoms with Crippen molar-refractivity contribution in [1.29, 1.82) is 0 Å². The molecule has 110 valence electrons. The monoisotopic (exact) mass is 284 g/mol. The molecular weight excluding hydrogens is 264 g/mol. The number of pyridine rings is 1. The molecule has 1 aromatic heterocycles. The molecule has 4 heteroatoms. The van der Waals surface area contributed by atoms with E-state index < -0.39 is 0 Å². The third-order valence-electron chi connectivity index (χ3n) is 3.39. The van der Waals surface area contributed by atoms with Crippen molar-refractivity contribution in [3.63, 3.8) is 0 Å². The highest BCUT2D eigenvalue weighted by atomic mass is 16.3. The van der Waals surface area contributed by atoms with Crippen LogP contribution in [-0.2, 0) is 12.8 Å². The van der Waals surface area contributed by atoms with Gasteiger partial charge >= 0.3 is 0 Å². The van der Waals surface area contributed by atoms with Crippen molar-refractivity contribution in [1.82, 2.24) is 10.3 Å². The highest BCUT2D eigenvalue weighted by Gasteiger charge is 2.03. The predicted molar refractivity (Wildman–Crippen MR) is 81.9 cm³/mol. The molecular formula is C17H20N2O2. The Morgan fingerprint density at radius 2 is 1.52 bits per heavy atom. The smallest absolute Gasteiger partial charge is 0.253 e. The van der Waals surface area contributed by atoms with E-state index in [1.807, 2.05) is 24.5 Å². The SMILES string of the molecule is O=C(NCO)c1ccc(CCCCc2ccncc2)cc1. The first-order valence-electron chi connectivity index (χ1n) is 7.16. The average Bonchev–Trinajstić information content (AvgIpc) is 2.53. The van der Waals surface area contributed by atoms with Crippen LogP contribution in [-0.4, -0.2) is 22.7 Å². The van der Waals surface area contributed by atoms with Gasteiger partial charge in [-0.05, 0) is 61.1 Å². The standard InChI is InChI=1S/C17H20N2O2/c20-13-19-17(21)16-7-5-14(6-8-16)3-1-2-4-15-9-11-18-12-10-15/h5-12,20H,1-4,13H2,(H,19,21). The maximum absolute atomic E-state index is 11.5. The summed E-state index contributed by atoms with van der Waals surface area (Å²) in [4.78, 5) is 15.5. The fraction of sp³-hybridized carbons (Fsp3) is 0.294. The highest BCUT2D eigenvalue weighted by Crippen LogP contribution is 2.10. The van der Waals surface area contributed by atoms with Crippen molar-refractivity contribution in [2.75, 3.05) is 6.73 Å². The van der Waals surface area contributed by atoms with E-state index >= 15 is 0 Å². The first-order chi connectivity index (χ1) is 10.3. The molecule has 0 aliphatic carbocycles. The lowest BCUT2D eigenvalue weighted by atomic mass is 10.0. The Balaban J connectivity index is 1.75. The van der Waals surface area contributed by atoms with Crippen molar-refractivity contribution < 1.29 is 9.90 Å². The molecule has 0 radical (unpaired) electrons. The number of amides is 1. The summed E-state index contributed by atoms with van der Waals surface area (Å²) in [7, 11) is 0. The lowest BCUT2D eigenvalue weighted by molar-refractivity contribution is 0.0910. The van der Waals surface area contributed by atoms with Crippen LogP contribution in [0.4, 0.5) is 0 Å². The Labute approximate surface area is 124 Å². The largest absolute Gasteiger partial charge is 0.376 e. The number of nitrogens with one attached hydrogen (secondary N) is 1. The van der Waals surface area contributed by atoms with Gasteiger partial charge in [0.15, 0.2) is 0 Å². The molecule has 1 aromatic carbocycles. The number of carbonyl (C=O) groups excluding carboxylic acids is 1. The molecule has 0 fully saturated rings. The summed E-state index contributed by atoms with van der Waals surface area (Å²) >= 11 is 0. The molecule has 1 heterocycles. The number of aromatic nitrogens is 1. The van der Waals surface area contributed by atoms with Gasteiger partial charge in [0, 0.05) is 18.0 Å². The lowest BCUT2D eigenvalue weighted by Crippen LogP contribution is -2.23. The summed E-state index contributed by atoms with van der Waals surface area (Å²) in [6.45, 7) is -0.338. The van der Waals surface area contributed by atoms with Crippen LogP contribution in [0.1, 0.15) is 34.3 Å². The number of benzene rings is 1. The van der Waals surface area contributed by atoms with Crippen LogP contribution < -0.4 is 5.32 Å². The second kappa shape index (κ2) is 8.17. The number of unbranched alkanes of at least 4 members (excludes halogenated alkanes) is 1. The van der Waals surface area contributed by atoms with Crippen LogP contribution in [0.5, 0.6) is 0 Å². The first kappa shape index (κ1) is 15.2. The van der Waals surface area contributed by atoms with Crippen molar-refractivity contribution >= 4 is 5.91 Å². The highest BCUT2D eigenvalue weighted by molar-refractivity contribution is 5.94. The van der Waals surface area contributed by atoms with E-state index in [1.54, 1.807) is 12.1 Å². The fourth-order valence-electron chi connectivity index (χ4n) is 2.20. The summed E-state index contributed by atoms with van der Waals surface area (Å²) in [6.07, 6.45) is 7.98. The van der Waals surface area contributed by atoms with Crippen LogP contribution in [0.15, 0.2) is 48.8 Å². The second-order valence-electron chi connectivity index (χ2n) is 4.92. The third-order valence-corrected chi connectivity index (χ3v) is 3.39. The Bertz CT molecular complexity index is 553. The van der Waals surface area contributed by atoms with Crippen LogP contribution >= 0.6 is 0 Å². The van der Waals surface area contributed by atoms with Crippen LogP contribution in [0.3, 0.4) is 0 Å². The molecule has 0 saturated carbocycles. The molecule has 0 aliphatic heterocycles. The molecule has 0 saturated heterocycles. The van der Waals surface area contributed by atoms with Gasteiger partial charge < -0.3 is 10.4 Å². The Morgan fingerprint density at radius 3 is 2.10 bits per heavy atom. The van der Waals surface area contributed by atoms with Crippen LogP contribution in [0.2, 0.25) is 0 Å². The number of hydrogen-bond acceptors (Lipinski definition) is 3. The summed E-state index contributed by atoms with van der Waals surface area (Å²) < 4.78 is 0. The van der Waals surface area contributed by atoms with Gasteiger partial charge in [-0.2, -0.15) is 0 Å². The van der Waals surface area contributed by atoms with Crippen molar-refractivity contribution in [3.05, 3.63) is 65.5 Å². The van der Waals surface area contributed by atoms with Gasteiger partial charge in [0.05, 0.1) is 0 Å². The minimum Gasteiger partial charge on any atom is -0.376 e. The maximum Gasteiger partial charge on any atom is 0.253 e. The number of aliphatic hydroxyl groups excluding tert-OH is 1. The molecule has 0 aliphatic rings. The molecule has 0 atom stereocenters. The minimum atomic E-state index is -0.338. The molecule has 0 unspecified atom stereocenters. The quantitative estimate of drug-likeness (QED) is 0.606. The van der Waals surface area contributed by atoms with E-state index in [0.29, 0.717) is 5.56 Å². The van der Waals surface area contributed by atoms with E-state index in [0.717, 1.165) is 25.7 Å². The van der Waals surface area contributed by atoms with Crippen molar-refractivity contribution in [2.45, 2.75) is 25.7 Å². The first-order valence-corrected chi connectivity index (χ1v) is 7.16. The van der Waals surface area contributed by atoms with E-state index in [2.05, 4.69) is 22.4 Å². The Hall–Kier alpha value is -2.20. The van der Waals surface area contributed by atoms with Crippen molar-refractivity contribution in [2.24, 2.45) is 0 Å². The summed E-state index contributed by atoms with van der Waals surface area (Å²) in [5.41, 5.74) is 3.12. The van der Waals surface area contributed by atoms with Crippen LogP contribution in [0.25, 0.3) is 0 Å². The second-order valence-corrected chi connectivity index (χ2v) is 4.92. The minimum absolute atomic E-state index is 0.248. The van der Waals surface area contributed by atoms with Crippen LogP contribution in [0, 0.1) is 0 Å². The summed E-state index contributed by atoms with van der Waals surface area (Å²) in [5.74, 6) is -0.248. The maximum atomic E-state index is 11.5. The predicted octanol–water partition coefficient (Wildman–Crippen LogP) is 2.33. The normalized spacial score (nSPS) is 10.3. The number of rotatable bonds is 7. The van der Waals surface area contributed by atoms with Crippen molar-refractivity contribution in [3.8, 4) is 0 Å². The zero-order valence-electron chi connectivity index (χ0n) is 12.0. The van der Waals surface area contributed by atoms with E-state index in [4.69, 9.17) is 5.11 Å². The van der Waals surface area contributed by atoms with Gasteiger partial charge in [0.25, 0.3) is 5.91 Å². The summed E-state index contributed by atoms with van der Waals surface area (Å²) in [6, 6.07) is 11.6. The van der Waals surface area contributed by atoms with Gasteiger partial charge in [-0.3, -0.25) is 9.78 Å². The topological polar surface area (TPSA) is 62.2 Å². The zero-order chi connectivity index (χ0) is 14.9. The zero-order valence-corrected chi connectivity index (χ0v) is 12.0. The van der Waals surface area contributed by atoms with E-state index in [9.17, 15) is 4.79 Å². The molecule has 2 rings (SSSR count). The summed E-state index contributed by atoms with van der Waals surface area (Å²) in [5, 5.41) is 11.0. The van der Waals surface area contributed by atoms with Gasteiger partial charge in [0.2, 0.25) is 0 Å². The third kappa shape index (κ3) is 5.00. The lowest BCUT2D eigenvalue weighted by Gasteiger charge is -2.05. The van der Waals surface area contributed by atoms with Gasteiger partial charge in [0.1, 0.15) is 6.73 Å². The number of aryl methyl sites for hydroxylation is 2. The Morgan fingerprint density at radius 1 is 0.952 bits per heavy atom. The fourth-order valence-corrected chi connectivity index (χ4v) is 2.20. The van der Waals surface area contributed by atoms with E-state index in [1.165, 1.54) is 11.1 Å². The molecule has 2 aromatic rings.